The Hall–Kier alpha value is -3.52. The molecule has 9 nitrogen and oxygen atoms in total. The highest BCUT2D eigenvalue weighted by atomic mass is 35.5. The molecule has 3 aromatic rings. The summed E-state index contributed by atoms with van der Waals surface area (Å²) in [5.74, 6) is -1.32. The fraction of sp³-hybridized carbons (Fsp3) is 0.0435. The number of nitro benzene ring substituents is 1. The highest BCUT2D eigenvalue weighted by molar-refractivity contribution is 8.27. The number of methoxy groups -OCH3 is 1. The molecule has 1 saturated heterocycles. The number of nitro groups is 1. The first-order valence-corrected chi connectivity index (χ1v) is 13.1. The number of carbonyl (C=O) groups is 1. The molecule has 190 valence electrons. The molecule has 1 aliphatic rings. The van der Waals surface area contributed by atoms with E-state index in [0.29, 0.717) is 11.3 Å². The minimum Gasteiger partial charge on any atom is -0.493 e. The van der Waals surface area contributed by atoms with Crippen molar-refractivity contribution in [1.82, 2.24) is 0 Å². The molecule has 0 aromatic heterocycles. The van der Waals surface area contributed by atoms with Crippen LogP contribution in [-0.2, 0) is 14.9 Å². The number of thiocarbonyl (C=S) groups is 1. The highest BCUT2D eigenvalue weighted by Gasteiger charge is 2.34. The van der Waals surface area contributed by atoms with Gasteiger partial charge < -0.3 is 8.92 Å². The molecular weight excluding hydrogens is 567 g/mol. The van der Waals surface area contributed by atoms with Gasteiger partial charge in [-0.2, -0.15) is 8.42 Å². The van der Waals surface area contributed by atoms with E-state index in [0.717, 1.165) is 30.0 Å². The van der Waals surface area contributed by atoms with Gasteiger partial charge in [0.05, 0.1) is 27.6 Å². The topological polar surface area (TPSA) is 116 Å². The first-order chi connectivity index (χ1) is 17.5. The smallest absolute Gasteiger partial charge is 0.346 e. The Balaban J connectivity index is 1.62. The van der Waals surface area contributed by atoms with Gasteiger partial charge in [-0.1, -0.05) is 53.8 Å². The predicted molar refractivity (Wildman–Crippen MR) is 141 cm³/mol. The fourth-order valence-corrected chi connectivity index (χ4v) is 5.87. The maximum Gasteiger partial charge on any atom is 0.346 e. The number of hydrogen-bond donors (Lipinski definition) is 0. The maximum absolute atomic E-state index is 13.5. The van der Waals surface area contributed by atoms with Crippen molar-refractivity contribution >= 4 is 73.4 Å². The summed E-state index contributed by atoms with van der Waals surface area (Å²) in [6.07, 6.45) is 1.51. The van der Waals surface area contributed by atoms with Crippen molar-refractivity contribution < 1.29 is 31.4 Å². The zero-order chi connectivity index (χ0) is 26.9. The lowest BCUT2D eigenvalue weighted by Crippen LogP contribution is -2.27. The van der Waals surface area contributed by atoms with Crippen LogP contribution in [0.3, 0.4) is 0 Å². The molecule has 3 aromatic carbocycles. The standard InChI is InChI=1S/C23H14ClFN2O7S3/c1-33-19-10-13(6-9-18(19)34-37(31,32)21-5-3-2-4-17(21)27(29)30)11-20-22(28)26(23(35)36-20)14-7-8-16(25)15(24)12-14/h2-12H,1H3/b20-11-. The first kappa shape index (κ1) is 26.5. The van der Waals surface area contributed by atoms with Gasteiger partial charge in [0.15, 0.2) is 20.7 Å². The number of nitrogens with zero attached hydrogens (tertiary/aromatic N) is 2. The number of benzene rings is 3. The van der Waals surface area contributed by atoms with E-state index < -0.39 is 37.3 Å². The van der Waals surface area contributed by atoms with Crippen molar-refractivity contribution in [3.05, 3.63) is 92.1 Å². The zero-order valence-corrected chi connectivity index (χ0v) is 21.8. The number of ether oxygens (including phenoxy) is 1. The Morgan fingerprint density at radius 3 is 2.54 bits per heavy atom. The zero-order valence-electron chi connectivity index (χ0n) is 18.6. The summed E-state index contributed by atoms with van der Waals surface area (Å²) in [4.78, 5) is 24.2. The third kappa shape index (κ3) is 5.44. The molecule has 0 radical (unpaired) electrons. The van der Waals surface area contributed by atoms with E-state index in [2.05, 4.69) is 0 Å². The van der Waals surface area contributed by atoms with Crippen LogP contribution in [-0.4, -0.2) is 30.7 Å². The summed E-state index contributed by atoms with van der Waals surface area (Å²) >= 11 is 12.1. The van der Waals surface area contributed by atoms with Gasteiger partial charge in [-0.25, -0.2) is 4.39 Å². The Labute approximate surface area is 224 Å². The lowest BCUT2D eigenvalue weighted by atomic mass is 10.2. The second-order valence-electron chi connectivity index (χ2n) is 7.29. The van der Waals surface area contributed by atoms with E-state index in [9.17, 15) is 27.7 Å². The average molecular weight is 581 g/mol. The van der Waals surface area contributed by atoms with Crippen LogP contribution in [0, 0.1) is 15.9 Å². The van der Waals surface area contributed by atoms with Crippen LogP contribution in [0.25, 0.3) is 6.08 Å². The molecule has 1 fully saturated rings. The molecule has 1 heterocycles. The van der Waals surface area contributed by atoms with E-state index in [1.54, 1.807) is 0 Å². The monoisotopic (exact) mass is 580 g/mol. The number of carbonyl (C=O) groups excluding carboxylic acids is 1. The molecule has 37 heavy (non-hydrogen) atoms. The molecule has 0 spiro atoms. The fourth-order valence-electron chi connectivity index (χ4n) is 3.29. The SMILES string of the molecule is COc1cc(/C=C2\SC(=S)N(c3ccc(F)c(Cl)c3)C2=O)ccc1OS(=O)(=O)c1ccccc1[N+](=O)[O-]. The second kappa shape index (κ2) is 10.5. The van der Waals surface area contributed by atoms with Crippen molar-refractivity contribution in [2.45, 2.75) is 4.90 Å². The third-order valence-electron chi connectivity index (χ3n) is 4.97. The third-order valence-corrected chi connectivity index (χ3v) is 7.85. The van der Waals surface area contributed by atoms with Gasteiger partial charge >= 0.3 is 10.1 Å². The molecule has 0 aliphatic carbocycles. The summed E-state index contributed by atoms with van der Waals surface area (Å²) in [6.45, 7) is 0. The minimum atomic E-state index is -4.57. The number of anilines is 1. The molecule has 1 amide bonds. The molecule has 0 atom stereocenters. The number of rotatable bonds is 7. The largest absolute Gasteiger partial charge is 0.493 e. The van der Waals surface area contributed by atoms with Crippen LogP contribution in [0.1, 0.15) is 5.56 Å². The van der Waals surface area contributed by atoms with Gasteiger partial charge in [0.1, 0.15) is 5.82 Å². The number of halogens is 2. The number of hydrogen-bond acceptors (Lipinski definition) is 9. The average Bonchev–Trinajstić information content (AvgIpc) is 3.14. The van der Waals surface area contributed by atoms with Crippen molar-refractivity contribution in [3.63, 3.8) is 0 Å². The number of para-hydroxylation sites is 1. The predicted octanol–water partition coefficient (Wildman–Crippen LogP) is 5.57. The van der Waals surface area contributed by atoms with E-state index in [1.165, 1.54) is 60.6 Å². The summed E-state index contributed by atoms with van der Waals surface area (Å²) in [7, 11) is -3.29. The molecule has 14 heteroatoms. The summed E-state index contributed by atoms with van der Waals surface area (Å²) in [5, 5.41) is 11.1. The quantitative estimate of drug-likeness (QED) is 0.116. The normalized spacial score (nSPS) is 14.8. The Bertz CT molecular complexity index is 1590. The van der Waals surface area contributed by atoms with E-state index in [-0.39, 0.29) is 25.7 Å². The lowest BCUT2D eigenvalue weighted by molar-refractivity contribution is -0.387. The van der Waals surface area contributed by atoms with Crippen molar-refractivity contribution in [2.75, 3.05) is 12.0 Å². The van der Waals surface area contributed by atoms with Gasteiger partial charge in [-0.05, 0) is 48.0 Å². The summed E-state index contributed by atoms with van der Waals surface area (Å²) in [6, 6.07) is 12.7. The lowest BCUT2D eigenvalue weighted by Gasteiger charge is -2.14. The first-order valence-electron chi connectivity index (χ1n) is 10.1. The van der Waals surface area contributed by atoms with Gasteiger partial charge in [0.2, 0.25) is 0 Å². The summed E-state index contributed by atoms with van der Waals surface area (Å²) in [5.41, 5.74) is 0.117. The van der Waals surface area contributed by atoms with E-state index in [1.807, 2.05) is 0 Å². The van der Waals surface area contributed by atoms with Crippen LogP contribution < -0.4 is 13.8 Å². The van der Waals surface area contributed by atoms with Crippen LogP contribution in [0.15, 0.2) is 70.5 Å². The molecule has 0 N–H and O–H groups in total. The van der Waals surface area contributed by atoms with Crippen LogP contribution >= 0.6 is 35.6 Å². The Morgan fingerprint density at radius 1 is 1.14 bits per heavy atom. The Kier molecular flexibility index (Phi) is 7.50. The van der Waals surface area contributed by atoms with E-state index >= 15 is 0 Å². The molecule has 0 unspecified atom stereocenters. The van der Waals surface area contributed by atoms with Crippen LogP contribution in [0.5, 0.6) is 11.5 Å². The van der Waals surface area contributed by atoms with Crippen molar-refractivity contribution in [2.24, 2.45) is 0 Å². The molecular formula is C23H14ClFN2O7S3. The molecule has 1 aliphatic heterocycles. The van der Waals surface area contributed by atoms with Gasteiger partial charge in [0, 0.05) is 6.07 Å². The Morgan fingerprint density at radius 2 is 1.86 bits per heavy atom. The van der Waals surface area contributed by atoms with Crippen LogP contribution in [0.2, 0.25) is 5.02 Å². The van der Waals surface area contributed by atoms with Gasteiger partial charge in [-0.15, -0.1) is 0 Å². The van der Waals surface area contributed by atoms with E-state index in [4.69, 9.17) is 32.7 Å². The van der Waals surface area contributed by atoms with Crippen molar-refractivity contribution in [3.8, 4) is 11.5 Å². The second-order valence-corrected chi connectivity index (χ2v) is 10.9. The molecule has 4 rings (SSSR count). The number of amides is 1. The van der Waals surface area contributed by atoms with Gasteiger partial charge in [0.25, 0.3) is 11.6 Å². The van der Waals surface area contributed by atoms with Crippen molar-refractivity contribution in [1.29, 1.82) is 0 Å². The summed E-state index contributed by atoms with van der Waals surface area (Å²) < 4.78 is 49.6. The molecule has 0 saturated carbocycles. The van der Waals surface area contributed by atoms with Crippen LogP contribution in [0.4, 0.5) is 15.8 Å². The highest BCUT2D eigenvalue weighted by Crippen LogP contribution is 2.39. The number of thioether (sulfide) groups is 1. The maximum atomic E-state index is 13.5. The van der Waals surface area contributed by atoms with Gasteiger partial charge in [-0.3, -0.25) is 19.8 Å². The molecule has 0 bridgehead atoms. The minimum absolute atomic E-state index is 0.00305.